The second-order valence-electron chi connectivity index (χ2n) is 3.55. The molecule has 0 aromatic carbocycles. The Morgan fingerprint density at radius 1 is 1.54 bits per heavy atom. The molecule has 0 N–H and O–H groups in total. The number of aryl methyl sites for hydroxylation is 1. The Hall–Kier alpha value is -0.630. The van der Waals surface area contributed by atoms with E-state index in [1.807, 2.05) is 19.1 Å². The van der Waals surface area contributed by atoms with Gasteiger partial charge in [-0.05, 0) is 25.0 Å². The fourth-order valence-corrected chi connectivity index (χ4v) is 1.96. The third-order valence-corrected chi connectivity index (χ3v) is 3.29. The van der Waals surface area contributed by atoms with Crippen molar-refractivity contribution in [2.45, 2.75) is 33.6 Å². The maximum atomic E-state index is 11.6. The van der Waals surface area contributed by atoms with Crippen LogP contribution in [0.5, 0.6) is 0 Å². The van der Waals surface area contributed by atoms with Crippen molar-refractivity contribution in [2.75, 3.05) is 0 Å². The van der Waals surface area contributed by atoms with Crippen LogP contribution in [0.2, 0.25) is 0 Å². The van der Waals surface area contributed by atoms with E-state index in [-0.39, 0.29) is 0 Å². The van der Waals surface area contributed by atoms with Gasteiger partial charge in [-0.1, -0.05) is 20.3 Å². The minimum Gasteiger partial charge on any atom is -0.293 e. The highest BCUT2D eigenvalue weighted by atomic mass is 32.1. The molecule has 0 bridgehead atoms. The zero-order valence-electron chi connectivity index (χ0n) is 8.46. The number of hydrogen-bond acceptors (Lipinski definition) is 2. The van der Waals surface area contributed by atoms with Gasteiger partial charge in [0.2, 0.25) is 0 Å². The van der Waals surface area contributed by atoms with Crippen LogP contribution < -0.4 is 0 Å². The Kier molecular flexibility index (Phi) is 3.67. The first kappa shape index (κ1) is 10.5. The van der Waals surface area contributed by atoms with Crippen LogP contribution in [0.3, 0.4) is 0 Å². The standard InChI is InChI=1S/C11H16OS/c1-4-8(2)7-10(12)11-6-5-9(3)13-11/h5-6,8H,4,7H2,1-3H3. The quantitative estimate of drug-likeness (QED) is 0.671. The molecule has 72 valence electrons. The molecular weight excluding hydrogens is 180 g/mol. The van der Waals surface area contributed by atoms with Gasteiger partial charge < -0.3 is 0 Å². The maximum Gasteiger partial charge on any atom is 0.173 e. The van der Waals surface area contributed by atoms with Crippen molar-refractivity contribution >= 4 is 17.1 Å². The van der Waals surface area contributed by atoms with Gasteiger partial charge in [-0.15, -0.1) is 11.3 Å². The van der Waals surface area contributed by atoms with Gasteiger partial charge in [-0.2, -0.15) is 0 Å². The van der Waals surface area contributed by atoms with E-state index in [0.717, 1.165) is 11.3 Å². The smallest absolute Gasteiger partial charge is 0.173 e. The number of carbonyl (C=O) groups is 1. The molecule has 1 nitrogen and oxygen atoms in total. The van der Waals surface area contributed by atoms with Crippen LogP contribution in [-0.2, 0) is 0 Å². The Morgan fingerprint density at radius 3 is 2.69 bits per heavy atom. The van der Waals surface area contributed by atoms with Crippen molar-refractivity contribution in [3.63, 3.8) is 0 Å². The number of Topliss-reactive ketones (excluding diaryl/α,β-unsaturated/α-hetero) is 1. The Bertz CT molecular complexity index is 288. The van der Waals surface area contributed by atoms with E-state index < -0.39 is 0 Å². The molecule has 1 heterocycles. The molecule has 0 aliphatic heterocycles. The molecule has 0 fully saturated rings. The third kappa shape index (κ3) is 2.96. The average molecular weight is 196 g/mol. The van der Waals surface area contributed by atoms with E-state index in [9.17, 15) is 4.79 Å². The van der Waals surface area contributed by atoms with Gasteiger partial charge in [0.25, 0.3) is 0 Å². The lowest BCUT2D eigenvalue weighted by atomic mass is 10.0. The summed E-state index contributed by atoms with van der Waals surface area (Å²) in [5.41, 5.74) is 0. The van der Waals surface area contributed by atoms with Crippen molar-refractivity contribution in [3.05, 3.63) is 21.9 Å². The Balaban J connectivity index is 2.58. The summed E-state index contributed by atoms with van der Waals surface area (Å²) in [6.07, 6.45) is 1.77. The normalized spacial score (nSPS) is 12.8. The minimum atomic E-state index is 0.299. The third-order valence-electron chi connectivity index (χ3n) is 2.25. The second-order valence-corrected chi connectivity index (χ2v) is 4.84. The van der Waals surface area contributed by atoms with Crippen LogP contribution in [0.1, 0.15) is 41.2 Å². The average Bonchev–Trinajstić information content (AvgIpc) is 2.51. The first-order valence-corrected chi connectivity index (χ1v) is 5.54. The predicted molar refractivity (Wildman–Crippen MR) is 57.5 cm³/mol. The summed E-state index contributed by atoms with van der Waals surface area (Å²) in [6.45, 7) is 6.28. The first-order chi connectivity index (χ1) is 6.13. The number of hydrogen-bond donors (Lipinski definition) is 0. The fraction of sp³-hybridized carbons (Fsp3) is 0.545. The van der Waals surface area contributed by atoms with Gasteiger partial charge >= 0.3 is 0 Å². The number of rotatable bonds is 4. The van der Waals surface area contributed by atoms with Gasteiger partial charge in [0.05, 0.1) is 4.88 Å². The Labute approximate surface area is 83.8 Å². The zero-order valence-corrected chi connectivity index (χ0v) is 9.28. The van der Waals surface area contributed by atoms with E-state index >= 15 is 0 Å². The van der Waals surface area contributed by atoms with Crippen molar-refractivity contribution in [3.8, 4) is 0 Å². The molecule has 0 spiro atoms. The van der Waals surface area contributed by atoms with Gasteiger partial charge in [-0.3, -0.25) is 4.79 Å². The monoisotopic (exact) mass is 196 g/mol. The SMILES string of the molecule is CCC(C)CC(=O)c1ccc(C)s1. The predicted octanol–water partition coefficient (Wildman–Crippen LogP) is 3.68. The summed E-state index contributed by atoms with van der Waals surface area (Å²) >= 11 is 1.60. The number of thiophene rings is 1. The van der Waals surface area contributed by atoms with Gasteiger partial charge in [-0.25, -0.2) is 0 Å². The summed E-state index contributed by atoms with van der Waals surface area (Å²) in [7, 11) is 0. The lowest BCUT2D eigenvalue weighted by molar-refractivity contribution is 0.0967. The molecule has 13 heavy (non-hydrogen) atoms. The van der Waals surface area contributed by atoms with Crippen molar-refractivity contribution in [1.82, 2.24) is 0 Å². The number of ketones is 1. The summed E-state index contributed by atoms with van der Waals surface area (Å²) in [4.78, 5) is 13.8. The molecule has 2 heteroatoms. The van der Waals surface area contributed by atoms with Crippen LogP contribution in [0.25, 0.3) is 0 Å². The van der Waals surface area contributed by atoms with Crippen LogP contribution in [0.15, 0.2) is 12.1 Å². The topological polar surface area (TPSA) is 17.1 Å². The van der Waals surface area contributed by atoms with Crippen molar-refractivity contribution < 1.29 is 4.79 Å². The van der Waals surface area contributed by atoms with E-state index in [1.54, 1.807) is 11.3 Å². The van der Waals surface area contributed by atoms with Crippen LogP contribution in [-0.4, -0.2) is 5.78 Å². The first-order valence-electron chi connectivity index (χ1n) is 4.73. The highest BCUT2D eigenvalue weighted by Crippen LogP contribution is 2.19. The molecule has 1 atom stereocenters. The molecule has 0 aliphatic carbocycles. The maximum absolute atomic E-state index is 11.6. The van der Waals surface area contributed by atoms with Crippen molar-refractivity contribution in [1.29, 1.82) is 0 Å². The molecule has 0 radical (unpaired) electrons. The second kappa shape index (κ2) is 4.56. The molecule has 1 aromatic heterocycles. The molecule has 1 rings (SSSR count). The van der Waals surface area contributed by atoms with Gasteiger partial charge in [0, 0.05) is 11.3 Å². The summed E-state index contributed by atoms with van der Waals surface area (Å²) < 4.78 is 0. The minimum absolute atomic E-state index is 0.299. The molecule has 0 saturated heterocycles. The van der Waals surface area contributed by atoms with E-state index in [0.29, 0.717) is 18.1 Å². The molecule has 1 aromatic rings. The largest absolute Gasteiger partial charge is 0.293 e. The van der Waals surface area contributed by atoms with E-state index in [1.165, 1.54) is 4.88 Å². The zero-order chi connectivity index (χ0) is 9.84. The number of carbonyl (C=O) groups excluding carboxylic acids is 1. The molecular formula is C11H16OS. The van der Waals surface area contributed by atoms with Crippen LogP contribution in [0.4, 0.5) is 0 Å². The van der Waals surface area contributed by atoms with Crippen molar-refractivity contribution in [2.24, 2.45) is 5.92 Å². The molecule has 0 saturated carbocycles. The fourth-order valence-electron chi connectivity index (χ4n) is 1.15. The highest BCUT2D eigenvalue weighted by Gasteiger charge is 2.11. The van der Waals surface area contributed by atoms with E-state index in [2.05, 4.69) is 13.8 Å². The van der Waals surface area contributed by atoms with E-state index in [4.69, 9.17) is 0 Å². The van der Waals surface area contributed by atoms with Gasteiger partial charge in [0.15, 0.2) is 5.78 Å². The summed E-state index contributed by atoms with van der Waals surface area (Å²) in [6, 6.07) is 3.94. The van der Waals surface area contributed by atoms with Gasteiger partial charge in [0.1, 0.15) is 0 Å². The highest BCUT2D eigenvalue weighted by molar-refractivity contribution is 7.14. The molecule has 0 amide bonds. The summed E-state index contributed by atoms with van der Waals surface area (Å²) in [5, 5.41) is 0. The van der Waals surface area contributed by atoms with Crippen LogP contribution in [0, 0.1) is 12.8 Å². The summed E-state index contributed by atoms with van der Waals surface area (Å²) in [5.74, 6) is 0.808. The lowest BCUT2D eigenvalue weighted by Crippen LogP contribution is -2.03. The van der Waals surface area contributed by atoms with Crippen LogP contribution >= 0.6 is 11.3 Å². The molecule has 1 unspecified atom stereocenters. The molecule has 0 aliphatic rings. The Morgan fingerprint density at radius 2 is 2.23 bits per heavy atom. The lowest BCUT2D eigenvalue weighted by Gasteiger charge is -2.04.